The molecule has 0 radical (unpaired) electrons. The summed E-state index contributed by atoms with van der Waals surface area (Å²) in [6.07, 6.45) is 3.53. The molecule has 1 aromatic carbocycles. The molecule has 0 bridgehead atoms. The molecule has 0 spiro atoms. The summed E-state index contributed by atoms with van der Waals surface area (Å²) in [7, 11) is 1.99. The van der Waals surface area contributed by atoms with Crippen LogP contribution in [0.2, 0.25) is 0 Å². The number of fused-ring (bicyclic) bond motifs is 1. The molecular weight excluding hydrogens is 292 g/mol. The number of nitrogen functional groups attached to an aromatic ring is 1. The van der Waals surface area contributed by atoms with Gasteiger partial charge in [-0.3, -0.25) is 4.98 Å². The Kier molecular flexibility index (Phi) is 2.56. The van der Waals surface area contributed by atoms with E-state index < -0.39 is 0 Å². The van der Waals surface area contributed by atoms with Gasteiger partial charge in [0.15, 0.2) is 0 Å². The Labute approximate surface area is 113 Å². The summed E-state index contributed by atoms with van der Waals surface area (Å²) in [5.74, 6) is 0.881. The highest BCUT2D eigenvalue weighted by Gasteiger charge is 2.10. The van der Waals surface area contributed by atoms with Crippen LogP contribution in [0.25, 0.3) is 22.4 Å². The van der Waals surface area contributed by atoms with Gasteiger partial charge in [0, 0.05) is 29.0 Å². The molecule has 0 aliphatic carbocycles. The maximum atomic E-state index is 5.86. The zero-order valence-electron chi connectivity index (χ0n) is 9.76. The third-order valence-electron chi connectivity index (χ3n) is 2.86. The Balaban J connectivity index is 2.28. The normalized spacial score (nSPS) is 11.0. The first-order chi connectivity index (χ1) is 8.65. The Hall–Kier alpha value is -1.88. The maximum absolute atomic E-state index is 5.86. The number of pyridine rings is 1. The molecule has 0 amide bonds. The van der Waals surface area contributed by atoms with Crippen LogP contribution < -0.4 is 5.73 Å². The zero-order valence-corrected chi connectivity index (χ0v) is 11.3. The lowest BCUT2D eigenvalue weighted by atomic mass is 10.2. The molecule has 4 nitrogen and oxygen atoms in total. The van der Waals surface area contributed by atoms with E-state index in [4.69, 9.17) is 5.73 Å². The van der Waals surface area contributed by atoms with Crippen LogP contribution in [-0.4, -0.2) is 14.5 Å². The second-order valence-electron chi connectivity index (χ2n) is 4.13. The fourth-order valence-electron chi connectivity index (χ4n) is 2.05. The van der Waals surface area contributed by atoms with E-state index >= 15 is 0 Å². The number of benzene rings is 1. The van der Waals surface area contributed by atoms with Gasteiger partial charge in [-0.25, -0.2) is 4.98 Å². The largest absolute Gasteiger partial charge is 0.399 e. The number of hydrogen-bond donors (Lipinski definition) is 1. The van der Waals surface area contributed by atoms with Crippen molar-refractivity contribution >= 4 is 32.7 Å². The van der Waals surface area contributed by atoms with E-state index in [0.29, 0.717) is 5.69 Å². The van der Waals surface area contributed by atoms with Crippen molar-refractivity contribution in [2.45, 2.75) is 0 Å². The standard InChI is InChI=1S/C13H11BrN4/c1-18-12-2-3-16-7-11(12)17-13(18)8-4-9(14)6-10(15)5-8/h2-7H,15H2,1H3. The number of hydrogen-bond acceptors (Lipinski definition) is 3. The molecule has 3 aromatic rings. The summed E-state index contributed by atoms with van der Waals surface area (Å²) in [5.41, 5.74) is 9.50. The van der Waals surface area contributed by atoms with Gasteiger partial charge < -0.3 is 10.3 Å². The lowest BCUT2D eigenvalue weighted by molar-refractivity contribution is 0.959. The molecule has 2 heterocycles. The van der Waals surface area contributed by atoms with Crippen molar-refractivity contribution in [1.29, 1.82) is 0 Å². The van der Waals surface area contributed by atoms with Gasteiger partial charge in [0.2, 0.25) is 0 Å². The van der Waals surface area contributed by atoms with Crippen LogP contribution in [0.5, 0.6) is 0 Å². The molecule has 0 unspecified atom stereocenters. The number of aromatic nitrogens is 3. The molecule has 18 heavy (non-hydrogen) atoms. The lowest BCUT2D eigenvalue weighted by Gasteiger charge is -2.04. The minimum atomic E-state index is 0.713. The number of anilines is 1. The van der Waals surface area contributed by atoms with E-state index in [2.05, 4.69) is 25.9 Å². The number of nitrogens with zero attached hydrogens (tertiary/aromatic N) is 3. The first-order valence-corrected chi connectivity index (χ1v) is 6.27. The summed E-state index contributed by atoms with van der Waals surface area (Å²) in [4.78, 5) is 8.68. The van der Waals surface area contributed by atoms with Gasteiger partial charge in [0.25, 0.3) is 0 Å². The van der Waals surface area contributed by atoms with Crippen LogP contribution in [0.15, 0.2) is 41.1 Å². The Morgan fingerprint density at radius 1 is 1.28 bits per heavy atom. The summed E-state index contributed by atoms with van der Waals surface area (Å²) >= 11 is 3.45. The summed E-state index contributed by atoms with van der Waals surface area (Å²) in [6, 6.07) is 7.74. The molecule has 0 saturated heterocycles. The third kappa shape index (κ3) is 1.76. The van der Waals surface area contributed by atoms with Crippen molar-refractivity contribution in [1.82, 2.24) is 14.5 Å². The highest BCUT2D eigenvalue weighted by atomic mass is 79.9. The predicted molar refractivity (Wildman–Crippen MR) is 76.1 cm³/mol. The molecule has 0 aliphatic rings. The highest BCUT2D eigenvalue weighted by Crippen LogP contribution is 2.27. The number of nitrogens with two attached hydrogens (primary N) is 1. The SMILES string of the molecule is Cn1c(-c2cc(N)cc(Br)c2)nc2cnccc21. The van der Waals surface area contributed by atoms with Crippen molar-refractivity contribution in [3.63, 3.8) is 0 Å². The lowest BCUT2D eigenvalue weighted by Crippen LogP contribution is -1.94. The fourth-order valence-corrected chi connectivity index (χ4v) is 2.56. The van der Waals surface area contributed by atoms with E-state index in [1.165, 1.54) is 0 Å². The highest BCUT2D eigenvalue weighted by molar-refractivity contribution is 9.10. The second kappa shape index (κ2) is 4.10. The van der Waals surface area contributed by atoms with Gasteiger partial charge in [0.05, 0.1) is 11.7 Å². The first-order valence-electron chi connectivity index (χ1n) is 5.48. The van der Waals surface area contributed by atoms with Gasteiger partial charge in [-0.05, 0) is 24.3 Å². The number of aryl methyl sites for hydroxylation is 1. The quantitative estimate of drug-likeness (QED) is 0.703. The molecule has 0 fully saturated rings. The van der Waals surface area contributed by atoms with Gasteiger partial charge in [0.1, 0.15) is 11.3 Å². The zero-order chi connectivity index (χ0) is 12.7. The molecule has 3 rings (SSSR count). The van der Waals surface area contributed by atoms with Crippen molar-refractivity contribution in [2.75, 3.05) is 5.73 Å². The van der Waals surface area contributed by atoms with Crippen LogP contribution in [-0.2, 0) is 7.05 Å². The van der Waals surface area contributed by atoms with Crippen molar-refractivity contribution < 1.29 is 0 Å². The maximum Gasteiger partial charge on any atom is 0.141 e. The summed E-state index contributed by atoms with van der Waals surface area (Å²) < 4.78 is 2.99. The molecule has 0 aliphatic heterocycles. The van der Waals surface area contributed by atoms with E-state index in [0.717, 1.165) is 26.9 Å². The summed E-state index contributed by atoms with van der Waals surface area (Å²) in [5, 5.41) is 0. The topological polar surface area (TPSA) is 56.7 Å². The predicted octanol–water partition coefficient (Wildman–Crippen LogP) is 2.98. The second-order valence-corrected chi connectivity index (χ2v) is 5.05. The van der Waals surface area contributed by atoms with Crippen LogP contribution in [0.4, 0.5) is 5.69 Å². The molecule has 2 aromatic heterocycles. The minimum Gasteiger partial charge on any atom is -0.399 e. The smallest absolute Gasteiger partial charge is 0.141 e. The molecule has 5 heteroatoms. The number of imidazole rings is 1. The molecule has 0 atom stereocenters. The average molecular weight is 303 g/mol. The van der Waals surface area contributed by atoms with Crippen LogP contribution in [0.3, 0.4) is 0 Å². The van der Waals surface area contributed by atoms with Gasteiger partial charge >= 0.3 is 0 Å². The number of rotatable bonds is 1. The third-order valence-corrected chi connectivity index (χ3v) is 3.32. The molecule has 90 valence electrons. The monoisotopic (exact) mass is 302 g/mol. The van der Waals surface area contributed by atoms with Crippen molar-refractivity contribution in [3.8, 4) is 11.4 Å². The van der Waals surface area contributed by atoms with Gasteiger partial charge in [-0.1, -0.05) is 15.9 Å². The van der Waals surface area contributed by atoms with Crippen molar-refractivity contribution in [3.05, 3.63) is 41.1 Å². The van der Waals surface area contributed by atoms with E-state index in [-0.39, 0.29) is 0 Å². The Morgan fingerprint density at radius 3 is 2.83 bits per heavy atom. The Bertz CT molecular complexity index is 713. The van der Waals surface area contributed by atoms with Crippen LogP contribution >= 0.6 is 15.9 Å². The van der Waals surface area contributed by atoms with Gasteiger partial charge in [-0.15, -0.1) is 0 Å². The molecular formula is C13H11BrN4. The molecule has 2 N–H and O–H groups in total. The minimum absolute atomic E-state index is 0.713. The van der Waals surface area contributed by atoms with Crippen LogP contribution in [0, 0.1) is 0 Å². The average Bonchev–Trinajstić information content (AvgIpc) is 2.66. The fraction of sp³-hybridized carbons (Fsp3) is 0.0769. The van der Waals surface area contributed by atoms with Crippen LogP contribution in [0.1, 0.15) is 0 Å². The van der Waals surface area contributed by atoms with Gasteiger partial charge in [-0.2, -0.15) is 0 Å². The van der Waals surface area contributed by atoms with E-state index in [1.807, 2.05) is 35.9 Å². The summed E-state index contributed by atoms with van der Waals surface area (Å²) in [6.45, 7) is 0. The first kappa shape index (κ1) is 11.2. The van der Waals surface area contributed by atoms with E-state index in [1.54, 1.807) is 12.4 Å². The molecule has 0 saturated carbocycles. The van der Waals surface area contributed by atoms with E-state index in [9.17, 15) is 0 Å². The Morgan fingerprint density at radius 2 is 2.11 bits per heavy atom. The number of halogens is 1. The van der Waals surface area contributed by atoms with Crippen molar-refractivity contribution in [2.24, 2.45) is 7.05 Å².